The molecule has 19 heavy (non-hydrogen) atoms. The van der Waals surface area contributed by atoms with Crippen molar-refractivity contribution in [1.82, 2.24) is 5.32 Å². The summed E-state index contributed by atoms with van der Waals surface area (Å²) in [6, 6.07) is 4.83. The van der Waals surface area contributed by atoms with Crippen LogP contribution >= 0.6 is 0 Å². The highest BCUT2D eigenvalue weighted by Gasteiger charge is 2.25. The summed E-state index contributed by atoms with van der Waals surface area (Å²) < 4.78 is 19.0. The van der Waals surface area contributed by atoms with Crippen molar-refractivity contribution in [3.63, 3.8) is 0 Å². The fourth-order valence-electron chi connectivity index (χ4n) is 2.70. The maximum absolute atomic E-state index is 14.0. The SMILES string of the molecule is COc1ccc(C(C)NC2CCCCC2O)c(F)c1. The Balaban J connectivity index is 2.04. The minimum atomic E-state index is -0.322. The summed E-state index contributed by atoms with van der Waals surface area (Å²) in [6.07, 6.45) is 3.65. The number of hydrogen-bond donors (Lipinski definition) is 2. The van der Waals surface area contributed by atoms with Gasteiger partial charge in [0.2, 0.25) is 0 Å². The van der Waals surface area contributed by atoms with E-state index in [-0.39, 0.29) is 24.0 Å². The van der Waals surface area contributed by atoms with Gasteiger partial charge in [-0.2, -0.15) is 0 Å². The third-order valence-corrected chi connectivity index (χ3v) is 3.87. The lowest BCUT2D eigenvalue weighted by Crippen LogP contribution is -2.43. The minimum Gasteiger partial charge on any atom is -0.497 e. The van der Waals surface area contributed by atoms with E-state index in [1.807, 2.05) is 6.92 Å². The fourth-order valence-corrected chi connectivity index (χ4v) is 2.70. The van der Waals surface area contributed by atoms with Gasteiger partial charge in [0.15, 0.2) is 0 Å². The number of rotatable bonds is 4. The molecular formula is C15H22FNO2. The van der Waals surface area contributed by atoms with Crippen molar-refractivity contribution in [1.29, 1.82) is 0 Å². The number of benzene rings is 1. The summed E-state index contributed by atoms with van der Waals surface area (Å²) in [5, 5.41) is 13.3. The maximum atomic E-state index is 14.0. The number of aliphatic hydroxyl groups is 1. The summed E-state index contributed by atoms with van der Waals surface area (Å²) in [4.78, 5) is 0. The highest BCUT2D eigenvalue weighted by atomic mass is 19.1. The molecule has 0 aromatic heterocycles. The van der Waals surface area contributed by atoms with Crippen molar-refractivity contribution in [2.75, 3.05) is 7.11 Å². The Morgan fingerprint density at radius 3 is 2.74 bits per heavy atom. The van der Waals surface area contributed by atoms with E-state index in [2.05, 4.69) is 5.32 Å². The molecule has 106 valence electrons. The van der Waals surface area contributed by atoms with Crippen LogP contribution in [0.15, 0.2) is 18.2 Å². The molecule has 1 aromatic carbocycles. The molecule has 1 fully saturated rings. The van der Waals surface area contributed by atoms with Gasteiger partial charge in [-0.25, -0.2) is 4.39 Å². The monoisotopic (exact) mass is 267 g/mol. The average Bonchev–Trinajstić information content (AvgIpc) is 2.41. The largest absolute Gasteiger partial charge is 0.497 e. The van der Waals surface area contributed by atoms with Gasteiger partial charge in [-0.05, 0) is 25.8 Å². The Bertz CT molecular complexity index is 425. The van der Waals surface area contributed by atoms with Crippen LogP contribution in [0.5, 0.6) is 5.75 Å². The van der Waals surface area contributed by atoms with Gasteiger partial charge in [0, 0.05) is 23.7 Å². The zero-order valence-corrected chi connectivity index (χ0v) is 11.5. The quantitative estimate of drug-likeness (QED) is 0.881. The van der Waals surface area contributed by atoms with Crippen LogP contribution in [-0.2, 0) is 0 Å². The molecule has 3 atom stereocenters. The van der Waals surface area contributed by atoms with Crippen molar-refractivity contribution in [2.45, 2.75) is 50.8 Å². The smallest absolute Gasteiger partial charge is 0.131 e. The van der Waals surface area contributed by atoms with Gasteiger partial charge in [0.1, 0.15) is 11.6 Å². The van der Waals surface area contributed by atoms with E-state index in [1.54, 1.807) is 12.1 Å². The maximum Gasteiger partial charge on any atom is 0.131 e. The van der Waals surface area contributed by atoms with E-state index in [0.717, 1.165) is 25.7 Å². The summed E-state index contributed by atoms with van der Waals surface area (Å²) in [5.74, 6) is 0.246. The van der Waals surface area contributed by atoms with Crippen LogP contribution < -0.4 is 10.1 Å². The molecule has 1 aliphatic carbocycles. The van der Waals surface area contributed by atoms with E-state index in [9.17, 15) is 9.50 Å². The third-order valence-electron chi connectivity index (χ3n) is 3.87. The molecule has 1 aliphatic rings. The molecule has 0 aliphatic heterocycles. The molecule has 0 amide bonds. The molecule has 2 N–H and O–H groups in total. The number of aliphatic hydroxyl groups excluding tert-OH is 1. The summed E-state index contributed by atoms with van der Waals surface area (Å²) in [6.45, 7) is 1.92. The van der Waals surface area contributed by atoms with Crippen LogP contribution in [0, 0.1) is 5.82 Å². The number of methoxy groups -OCH3 is 1. The first-order chi connectivity index (χ1) is 9.11. The molecule has 3 unspecified atom stereocenters. The normalized spacial score (nSPS) is 25.1. The Morgan fingerprint density at radius 1 is 1.37 bits per heavy atom. The van der Waals surface area contributed by atoms with Crippen molar-refractivity contribution in [2.24, 2.45) is 0 Å². The number of ether oxygens (including phenoxy) is 1. The second-order valence-corrected chi connectivity index (χ2v) is 5.23. The highest BCUT2D eigenvalue weighted by molar-refractivity contribution is 5.30. The molecule has 2 rings (SSSR count). The van der Waals surface area contributed by atoms with Gasteiger partial charge in [-0.15, -0.1) is 0 Å². The van der Waals surface area contributed by atoms with Gasteiger partial charge in [0.05, 0.1) is 13.2 Å². The molecule has 3 nitrogen and oxygen atoms in total. The van der Waals surface area contributed by atoms with E-state index >= 15 is 0 Å². The van der Waals surface area contributed by atoms with Crippen LogP contribution in [0.2, 0.25) is 0 Å². The zero-order chi connectivity index (χ0) is 13.8. The standard InChI is InChI=1S/C15H22FNO2/c1-10(17-14-5-3-4-6-15(14)18)12-8-7-11(19-2)9-13(12)16/h7-10,14-15,17-18H,3-6H2,1-2H3. The second kappa shape index (κ2) is 6.35. The molecule has 1 saturated carbocycles. The lowest BCUT2D eigenvalue weighted by molar-refractivity contribution is 0.0857. The van der Waals surface area contributed by atoms with Gasteiger partial charge in [-0.1, -0.05) is 18.9 Å². The van der Waals surface area contributed by atoms with Crippen molar-refractivity contribution in [3.05, 3.63) is 29.6 Å². The first-order valence-corrected chi connectivity index (χ1v) is 6.89. The van der Waals surface area contributed by atoms with Crippen LogP contribution in [0.25, 0.3) is 0 Å². The minimum absolute atomic E-state index is 0.0604. The average molecular weight is 267 g/mol. The third kappa shape index (κ3) is 3.45. The lowest BCUT2D eigenvalue weighted by atomic mass is 9.91. The van der Waals surface area contributed by atoms with Gasteiger partial charge in [0.25, 0.3) is 0 Å². The molecule has 4 heteroatoms. The van der Waals surface area contributed by atoms with E-state index in [4.69, 9.17) is 4.74 Å². The van der Waals surface area contributed by atoms with Crippen LogP contribution in [0.1, 0.15) is 44.2 Å². The highest BCUT2D eigenvalue weighted by Crippen LogP contribution is 2.25. The molecule has 0 radical (unpaired) electrons. The Hall–Kier alpha value is -1.13. The van der Waals surface area contributed by atoms with Crippen molar-refractivity contribution < 1.29 is 14.2 Å². The van der Waals surface area contributed by atoms with Crippen LogP contribution in [-0.4, -0.2) is 24.4 Å². The summed E-state index contributed by atoms with van der Waals surface area (Å²) in [5.41, 5.74) is 0.610. The fraction of sp³-hybridized carbons (Fsp3) is 0.600. The molecule has 0 heterocycles. The Kier molecular flexibility index (Phi) is 4.77. The predicted molar refractivity (Wildman–Crippen MR) is 72.8 cm³/mol. The number of hydrogen-bond acceptors (Lipinski definition) is 3. The predicted octanol–water partition coefficient (Wildman–Crippen LogP) is 2.79. The lowest BCUT2D eigenvalue weighted by Gasteiger charge is -2.31. The molecular weight excluding hydrogens is 245 g/mol. The summed E-state index contributed by atoms with van der Waals surface area (Å²) in [7, 11) is 1.52. The van der Waals surface area contributed by atoms with Gasteiger partial charge in [-0.3, -0.25) is 0 Å². The Labute approximate surface area is 113 Å². The van der Waals surface area contributed by atoms with Crippen LogP contribution in [0.4, 0.5) is 4.39 Å². The Morgan fingerprint density at radius 2 is 2.11 bits per heavy atom. The summed E-state index contributed by atoms with van der Waals surface area (Å²) >= 11 is 0. The van der Waals surface area contributed by atoms with E-state index in [0.29, 0.717) is 11.3 Å². The zero-order valence-electron chi connectivity index (χ0n) is 11.5. The number of nitrogens with one attached hydrogen (secondary N) is 1. The first-order valence-electron chi connectivity index (χ1n) is 6.89. The van der Waals surface area contributed by atoms with Crippen molar-refractivity contribution >= 4 is 0 Å². The van der Waals surface area contributed by atoms with Gasteiger partial charge < -0.3 is 15.2 Å². The van der Waals surface area contributed by atoms with E-state index in [1.165, 1.54) is 13.2 Å². The van der Waals surface area contributed by atoms with Crippen LogP contribution in [0.3, 0.4) is 0 Å². The second-order valence-electron chi connectivity index (χ2n) is 5.23. The van der Waals surface area contributed by atoms with Gasteiger partial charge >= 0.3 is 0 Å². The molecule has 0 spiro atoms. The first kappa shape index (κ1) is 14.3. The molecule has 1 aromatic rings. The number of halogens is 1. The topological polar surface area (TPSA) is 41.5 Å². The van der Waals surface area contributed by atoms with E-state index < -0.39 is 0 Å². The van der Waals surface area contributed by atoms with Crippen molar-refractivity contribution in [3.8, 4) is 5.75 Å². The molecule has 0 saturated heterocycles. The molecule has 0 bridgehead atoms.